The maximum atomic E-state index is 10.8. The predicted molar refractivity (Wildman–Crippen MR) is 111 cm³/mol. The van der Waals surface area contributed by atoms with Crippen LogP contribution in [0.3, 0.4) is 0 Å². The first kappa shape index (κ1) is 20.5. The highest BCUT2D eigenvalue weighted by atomic mass is 32.1. The number of carboxylic acid groups (broad SMARTS) is 1. The van der Waals surface area contributed by atoms with E-state index in [1.165, 1.54) is 22.4 Å². The number of hydrogen-bond donors (Lipinski definition) is 1. The van der Waals surface area contributed by atoms with Gasteiger partial charge < -0.3 is 14.6 Å². The van der Waals surface area contributed by atoms with Crippen LogP contribution in [0.25, 0.3) is 0 Å². The maximum absolute atomic E-state index is 10.8. The smallest absolute Gasteiger partial charge is 0.216 e. The molecular formula is C21H21N4O3S-. The van der Waals surface area contributed by atoms with Crippen molar-refractivity contribution in [1.29, 1.82) is 0 Å². The average Bonchev–Trinajstić information content (AvgIpc) is 3.04. The number of carbonyl (C=O) groups is 1. The summed E-state index contributed by atoms with van der Waals surface area (Å²) in [6, 6.07) is 14.1. The highest BCUT2D eigenvalue weighted by Crippen LogP contribution is 2.24. The third-order valence-electron chi connectivity index (χ3n) is 4.27. The highest BCUT2D eigenvalue weighted by Gasteiger charge is 2.13. The first-order valence-electron chi connectivity index (χ1n) is 8.99. The molecule has 0 atom stereocenters. The molecular weight excluding hydrogens is 388 g/mol. The molecule has 1 N–H and O–H groups in total. The second-order valence-electron chi connectivity index (χ2n) is 7.47. The van der Waals surface area contributed by atoms with E-state index in [1.807, 2.05) is 24.3 Å². The molecule has 0 aliphatic carbocycles. The Morgan fingerprint density at radius 3 is 2.45 bits per heavy atom. The van der Waals surface area contributed by atoms with Crippen LogP contribution < -0.4 is 9.84 Å². The van der Waals surface area contributed by atoms with Gasteiger partial charge in [0.1, 0.15) is 12.4 Å². The van der Waals surface area contributed by atoms with Crippen LogP contribution in [0.5, 0.6) is 5.75 Å². The highest BCUT2D eigenvalue weighted by molar-refractivity contribution is 7.71. The second-order valence-corrected chi connectivity index (χ2v) is 7.86. The van der Waals surface area contributed by atoms with Gasteiger partial charge in [-0.3, -0.25) is 0 Å². The number of benzene rings is 2. The zero-order valence-electron chi connectivity index (χ0n) is 16.4. The number of rotatable bonds is 6. The molecule has 0 fully saturated rings. The summed E-state index contributed by atoms with van der Waals surface area (Å²) in [5, 5.41) is 22.0. The molecule has 0 aliphatic heterocycles. The van der Waals surface area contributed by atoms with Crippen molar-refractivity contribution in [2.75, 3.05) is 0 Å². The number of hydrogen-bond acceptors (Lipinski definition) is 6. The number of nitrogens with zero attached hydrogens (tertiary/aromatic N) is 3. The first-order chi connectivity index (χ1) is 13.7. The monoisotopic (exact) mass is 409 g/mol. The lowest BCUT2D eigenvalue weighted by molar-refractivity contribution is -0.255. The van der Waals surface area contributed by atoms with Crippen molar-refractivity contribution in [2.24, 2.45) is 5.10 Å². The summed E-state index contributed by atoms with van der Waals surface area (Å²) in [6.07, 6.45) is 1.56. The summed E-state index contributed by atoms with van der Waals surface area (Å²) >= 11 is 5.22. The van der Waals surface area contributed by atoms with Crippen molar-refractivity contribution in [3.63, 3.8) is 0 Å². The summed E-state index contributed by atoms with van der Waals surface area (Å²) < 4.78 is 7.60. The third-order valence-corrected chi connectivity index (χ3v) is 4.54. The number of ether oxygens (including phenoxy) is 1. The van der Waals surface area contributed by atoms with Gasteiger partial charge in [0.2, 0.25) is 4.77 Å². The van der Waals surface area contributed by atoms with Crippen LogP contribution in [-0.4, -0.2) is 27.1 Å². The van der Waals surface area contributed by atoms with E-state index in [9.17, 15) is 9.90 Å². The predicted octanol–water partition coefficient (Wildman–Crippen LogP) is 3.06. The first-order valence-corrected chi connectivity index (χ1v) is 9.40. The average molecular weight is 409 g/mol. The van der Waals surface area contributed by atoms with Gasteiger partial charge in [-0.15, -0.1) is 0 Å². The minimum absolute atomic E-state index is 0.0782. The fraction of sp³-hybridized carbons (Fsp3) is 0.238. The fourth-order valence-corrected chi connectivity index (χ4v) is 2.76. The van der Waals surface area contributed by atoms with Gasteiger partial charge in [-0.2, -0.15) is 14.9 Å². The summed E-state index contributed by atoms with van der Waals surface area (Å²) in [7, 11) is 0. The largest absolute Gasteiger partial charge is 0.545 e. The Morgan fingerprint density at radius 2 is 1.86 bits per heavy atom. The normalized spacial score (nSPS) is 11.7. The lowest BCUT2D eigenvalue weighted by Gasteiger charge is -2.19. The van der Waals surface area contributed by atoms with Gasteiger partial charge in [0.25, 0.3) is 0 Å². The molecule has 29 heavy (non-hydrogen) atoms. The Bertz CT molecular complexity index is 1070. The van der Waals surface area contributed by atoms with Crippen molar-refractivity contribution < 1.29 is 14.6 Å². The van der Waals surface area contributed by atoms with Gasteiger partial charge >= 0.3 is 0 Å². The van der Waals surface area contributed by atoms with Gasteiger partial charge in [-0.25, -0.2) is 5.10 Å². The van der Waals surface area contributed by atoms with E-state index in [0.717, 1.165) is 5.75 Å². The minimum Gasteiger partial charge on any atom is -0.545 e. The lowest BCUT2D eigenvalue weighted by Crippen LogP contribution is -2.21. The van der Waals surface area contributed by atoms with E-state index >= 15 is 0 Å². The van der Waals surface area contributed by atoms with Crippen LogP contribution in [0, 0.1) is 4.77 Å². The molecule has 0 unspecified atom stereocenters. The molecule has 1 heterocycles. The Hall–Kier alpha value is -3.26. The van der Waals surface area contributed by atoms with E-state index in [1.54, 1.807) is 18.3 Å². The van der Waals surface area contributed by atoms with E-state index < -0.39 is 5.97 Å². The zero-order chi connectivity index (χ0) is 21.0. The summed E-state index contributed by atoms with van der Waals surface area (Å²) in [5.74, 6) is 0.0123. The van der Waals surface area contributed by atoms with Gasteiger partial charge in [0.05, 0.1) is 12.2 Å². The van der Waals surface area contributed by atoms with Crippen molar-refractivity contribution in [3.05, 3.63) is 75.8 Å². The standard InChI is InChI=1S/C21H22N4O3S/c1-21(2,3)16-8-10-17(11-9-16)28-13-18-23-24-20(29)25(18)22-12-14-4-6-15(7-5-14)19(26)27/h4-12H,13H2,1-3H3,(H,24,29)(H,26,27)/p-1/b22-12-. The number of nitrogens with one attached hydrogen (secondary N) is 1. The molecule has 8 heteroatoms. The Balaban J connectivity index is 1.71. The van der Waals surface area contributed by atoms with E-state index in [4.69, 9.17) is 17.0 Å². The number of H-pyrrole nitrogens is 1. The van der Waals surface area contributed by atoms with Crippen molar-refractivity contribution in [2.45, 2.75) is 32.8 Å². The zero-order valence-corrected chi connectivity index (χ0v) is 17.2. The van der Waals surface area contributed by atoms with Crippen LogP contribution in [0.15, 0.2) is 53.6 Å². The Morgan fingerprint density at radius 1 is 1.21 bits per heavy atom. The number of aromatic carboxylic acids is 1. The maximum Gasteiger partial charge on any atom is 0.216 e. The SMILES string of the molecule is CC(C)(C)c1ccc(OCc2n[nH]c(=S)n2/N=C\c2ccc(C(=O)[O-])cc2)cc1. The summed E-state index contributed by atoms with van der Waals surface area (Å²) in [4.78, 5) is 10.8. The number of carbonyl (C=O) groups excluding carboxylic acids is 1. The molecule has 3 aromatic rings. The molecule has 0 amide bonds. The molecule has 0 aliphatic rings. The molecule has 2 aromatic carbocycles. The topological polar surface area (TPSA) is 95.3 Å². The number of aromatic nitrogens is 3. The molecule has 150 valence electrons. The van der Waals surface area contributed by atoms with Gasteiger partial charge in [0.15, 0.2) is 5.82 Å². The van der Waals surface area contributed by atoms with Crippen LogP contribution in [0.4, 0.5) is 0 Å². The van der Waals surface area contributed by atoms with Gasteiger partial charge in [-0.1, -0.05) is 57.2 Å². The van der Waals surface area contributed by atoms with Crippen molar-refractivity contribution in [3.8, 4) is 5.75 Å². The van der Waals surface area contributed by atoms with Crippen molar-refractivity contribution >= 4 is 24.4 Å². The fourth-order valence-electron chi connectivity index (χ4n) is 2.57. The molecule has 0 spiro atoms. The molecule has 3 rings (SSSR count). The Labute approximate surface area is 173 Å². The molecule has 0 saturated heterocycles. The van der Waals surface area contributed by atoms with E-state index in [-0.39, 0.29) is 17.6 Å². The molecule has 0 radical (unpaired) electrons. The van der Waals surface area contributed by atoms with Crippen LogP contribution >= 0.6 is 12.2 Å². The lowest BCUT2D eigenvalue weighted by atomic mass is 9.87. The van der Waals surface area contributed by atoms with Gasteiger partial charge in [0, 0.05) is 0 Å². The van der Waals surface area contributed by atoms with Crippen molar-refractivity contribution in [1.82, 2.24) is 14.9 Å². The summed E-state index contributed by atoms with van der Waals surface area (Å²) in [6.45, 7) is 6.66. The van der Waals surface area contributed by atoms with Crippen LogP contribution in [-0.2, 0) is 12.0 Å². The Kier molecular flexibility index (Phi) is 5.93. The van der Waals surface area contributed by atoms with Gasteiger partial charge in [-0.05, 0) is 46.5 Å². The molecule has 0 saturated carbocycles. The second kappa shape index (κ2) is 8.40. The minimum atomic E-state index is -1.22. The van der Waals surface area contributed by atoms with Crippen LogP contribution in [0.2, 0.25) is 0 Å². The third kappa shape index (κ3) is 5.17. The number of aromatic amines is 1. The molecule has 7 nitrogen and oxygen atoms in total. The molecule has 1 aromatic heterocycles. The summed E-state index contributed by atoms with van der Waals surface area (Å²) in [5.41, 5.74) is 2.12. The quantitative estimate of drug-likeness (QED) is 0.499. The molecule has 0 bridgehead atoms. The number of carboxylic acids is 1. The van der Waals surface area contributed by atoms with E-state index in [0.29, 0.717) is 16.2 Å². The van der Waals surface area contributed by atoms with E-state index in [2.05, 4.69) is 36.1 Å². The van der Waals surface area contributed by atoms with Crippen LogP contribution in [0.1, 0.15) is 48.1 Å².